The molecule has 13 heteroatoms. The van der Waals surface area contributed by atoms with Crippen molar-refractivity contribution in [2.45, 2.75) is 0 Å². The Morgan fingerprint density at radius 1 is 1.00 bits per heavy atom. The SMILES string of the molecule is COc1nc2cc(Cl)c(Cl)c(N(CCN3C(=O)c4ccccc4C3=O)S(C)(=O)=O)c2nc1OC. The Bertz CT molecular complexity index is 1410. The first-order valence-corrected chi connectivity index (χ1v) is 12.4. The summed E-state index contributed by atoms with van der Waals surface area (Å²) in [5.74, 6) is -0.954. The average molecular weight is 525 g/mol. The number of carbonyl (C=O) groups is 2. The zero-order chi connectivity index (χ0) is 24.8. The van der Waals surface area contributed by atoms with Gasteiger partial charge in [0.05, 0.1) is 59.4 Å². The third-order valence-electron chi connectivity index (χ3n) is 5.21. The van der Waals surface area contributed by atoms with Crippen molar-refractivity contribution in [3.63, 3.8) is 0 Å². The molecule has 0 bridgehead atoms. The van der Waals surface area contributed by atoms with Crippen molar-refractivity contribution >= 4 is 61.8 Å². The van der Waals surface area contributed by atoms with Crippen molar-refractivity contribution in [2.24, 2.45) is 0 Å². The Hall–Kier alpha value is -3.15. The summed E-state index contributed by atoms with van der Waals surface area (Å²) >= 11 is 12.7. The highest BCUT2D eigenvalue weighted by Gasteiger charge is 2.36. The number of carbonyl (C=O) groups excluding carboxylic acids is 2. The largest absolute Gasteiger partial charge is 0.477 e. The number of anilines is 1. The first-order chi connectivity index (χ1) is 16.1. The van der Waals surface area contributed by atoms with Gasteiger partial charge in [-0.25, -0.2) is 18.4 Å². The maximum absolute atomic E-state index is 12.8. The summed E-state index contributed by atoms with van der Waals surface area (Å²) < 4.78 is 37.0. The minimum atomic E-state index is -3.98. The molecule has 0 spiro atoms. The maximum atomic E-state index is 12.8. The lowest BCUT2D eigenvalue weighted by Crippen LogP contribution is -2.41. The number of rotatable bonds is 7. The summed E-state index contributed by atoms with van der Waals surface area (Å²) in [6, 6.07) is 7.80. The Kier molecular flexibility index (Phi) is 6.28. The van der Waals surface area contributed by atoms with Gasteiger partial charge in [0.1, 0.15) is 5.52 Å². The van der Waals surface area contributed by atoms with Gasteiger partial charge in [0.2, 0.25) is 10.0 Å². The molecule has 0 saturated heterocycles. The lowest BCUT2D eigenvalue weighted by atomic mass is 10.1. The van der Waals surface area contributed by atoms with Gasteiger partial charge in [0.15, 0.2) is 0 Å². The van der Waals surface area contributed by atoms with Crippen LogP contribution in [0.1, 0.15) is 20.7 Å². The fourth-order valence-corrected chi connectivity index (χ4v) is 5.07. The predicted molar refractivity (Wildman–Crippen MR) is 127 cm³/mol. The zero-order valence-corrected chi connectivity index (χ0v) is 20.5. The van der Waals surface area contributed by atoms with Crippen molar-refractivity contribution in [1.29, 1.82) is 0 Å². The quantitative estimate of drug-likeness (QED) is 0.432. The molecule has 0 unspecified atom stereocenters. The van der Waals surface area contributed by atoms with Crippen molar-refractivity contribution in [2.75, 3.05) is 37.9 Å². The number of aromatic nitrogens is 2. The van der Waals surface area contributed by atoms with Gasteiger partial charge >= 0.3 is 0 Å². The van der Waals surface area contributed by atoms with Crippen molar-refractivity contribution < 1.29 is 27.5 Å². The van der Waals surface area contributed by atoms with Crippen LogP contribution in [0.2, 0.25) is 10.0 Å². The van der Waals surface area contributed by atoms with Crippen LogP contribution < -0.4 is 13.8 Å². The second kappa shape index (κ2) is 8.90. The molecular formula is C21H18Cl2N4O6S. The standard InChI is InChI=1S/C21H18Cl2N4O6S/c1-32-18-19(33-2)25-16-14(24-18)10-13(22)15(23)17(16)27(34(3,30)31)9-8-26-20(28)11-6-4-5-7-12(11)21(26)29/h4-7,10H,8-9H2,1-3H3. The summed E-state index contributed by atoms with van der Waals surface area (Å²) in [5, 5.41) is -0.0662. The van der Waals surface area contributed by atoms with E-state index in [0.29, 0.717) is 0 Å². The van der Waals surface area contributed by atoms with E-state index in [1.54, 1.807) is 24.3 Å². The topological polar surface area (TPSA) is 119 Å². The third-order valence-corrected chi connectivity index (χ3v) is 7.15. The number of hydrogen-bond donors (Lipinski definition) is 0. The second-order valence-corrected chi connectivity index (χ2v) is 9.97. The van der Waals surface area contributed by atoms with Crippen LogP contribution in [0, 0.1) is 0 Å². The minimum Gasteiger partial charge on any atom is -0.477 e. The molecule has 1 aliphatic heterocycles. The summed E-state index contributed by atoms with van der Waals surface area (Å²) in [6.07, 6.45) is 0.965. The van der Waals surface area contributed by atoms with Gasteiger partial charge in [0, 0.05) is 6.54 Å². The number of benzene rings is 2. The minimum absolute atomic E-state index is 0.00318. The Morgan fingerprint density at radius 3 is 2.09 bits per heavy atom. The lowest BCUT2D eigenvalue weighted by molar-refractivity contribution is 0.0659. The molecular weight excluding hydrogens is 507 g/mol. The number of nitrogens with zero attached hydrogens (tertiary/aromatic N) is 4. The monoisotopic (exact) mass is 524 g/mol. The van der Waals surface area contributed by atoms with Crippen molar-refractivity contribution in [3.05, 3.63) is 51.5 Å². The predicted octanol–water partition coefficient (Wildman–Crippen LogP) is 3.02. The smallest absolute Gasteiger partial charge is 0.278 e. The Labute approximate surface area is 205 Å². The van der Waals surface area contributed by atoms with E-state index >= 15 is 0 Å². The summed E-state index contributed by atoms with van der Waals surface area (Å²) in [4.78, 5) is 35.1. The Morgan fingerprint density at radius 2 is 1.56 bits per heavy atom. The number of ether oxygens (including phenoxy) is 2. The van der Waals surface area contributed by atoms with Crippen LogP contribution in [-0.4, -0.2) is 68.7 Å². The maximum Gasteiger partial charge on any atom is 0.278 e. The number of amides is 2. The van der Waals surface area contributed by atoms with Crippen LogP contribution in [0.4, 0.5) is 5.69 Å². The first kappa shape index (κ1) is 24.0. The molecule has 0 saturated carbocycles. The van der Waals surface area contributed by atoms with Gasteiger partial charge in [-0.3, -0.25) is 18.8 Å². The van der Waals surface area contributed by atoms with Crippen LogP contribution in [0.3, 0.4) is 0 Å². The molecule has 1 aromatic heterocycles. The molecule has 2 amide bonds. The third kappa shape index (κ3) is 3.99. The fraction of sp³-hybridized carbons (Fsp3) is 0.238. The van der Waals surface area contributed by atoms with E-state index < -0.39 is 21.8 Å². The van der Waals surface area contributed by atoms with Crippen LogP contribution >= 0.6 is 23.2 Å². The van der Waals surface area contributed by atoms with E-state index in [0.717, 1.165) is 15.5 Å². The normalized spacial score (nSPS) is 13.4. The van der Waals surface area contributed by atoms with Gasteiger partial charge in [-0.1, -0.05) is 35.3 Å². The fourth-order valence-electron chi connectivity index (χ4n) is 3.66. The van der Waals surface area contributed by atoms with E-state index in [2.05, 4.69) is 9.97 Å². The highest BCUT2D eigenvalue weighted by atomic mass is 35.5. The number of halogens is 2. The van der Waals surface area contributed by atoms with Crippen LogP contribution in [0.25, 0.3) is 11.0 Å². The van der Waals surface area contributed by atoms with E-state index in [1.165, 1.54) is 20.3 Å². The molecule has 34 heavy (non-hydrogen) atoms. The van der Waals surface area contributed by atoms with E-state index in [9.17, 15) is 18.0 Å². The molecule has 0 N–H and O–H groups in total. The molecule has 0 fully saturated rings. The molecule has 0 atom stereocenters. The van der Waals surface area contributed by atoms with Crippen molar-refractivity contribution in [1.82, 2.24) is 14.9 Å². The molecule has 2 heterocycles. The van der Waals surface area contributed by atoms with E-state index in [1.807, 2.05) is 0 Å². The molecule has 2 aromatic carbocycles. The number of fused-ring (bicyclic) bond motifs is 2. The van der Waals surface area contributed by atoms with Gasteiger partial charge in [-0.05, 0) is 18.2 Å². The molecule has 0 aliphatic carbocycles. The van der Waals surface area contributed by atoms with Crippen LogP contribution in [0.15, 0.2) is 30.3 Å². The van der Waals surface area contributed by atoms with E-state index in [4.69, 9.17) is 32.7 Å². The van der Waals surface area contributed by atoms with E-state index in [-0.39, 0.29) is 62.7 Å². The number of imide groups is 1. The summed E-state index contributed by atoms with van der Waals surface area (Å²) in [6.45, 7) is -0.528. The van der Waals surface area contributed by atoms with Gasteiger partial charge < -0.3 is 9.47 Å². The molecule has 1 aliphatic rings. The molecule has 178 valence electrons. The number of methoxy groups -OCH3 is 2. The number of hydrogen-bond acceptors (Lipinski definition) is 8. The molecule has 0 radical (unpaired) electrons. The summed E-state index contributed by atoms with van der Waals surface area (Å²) in [5.41, 5.74) is 0.743. The van der Waals surface area contributed by atoms with Gasteiger partial charge in [-0.2, -0.15) is 0 Å². The molecule has 4 rings (SSSR count). The summed E-state index contributed by atoms with van der Waals surface area (Å²) in [7, 11) is -1.25. The first-order valence-electron chi connectivity index (χ1n) is 9.79. The molecule has 10 nitrogen and oxygen atoms in total. The van der Waals surface area contributed by atoms with Gasteiger partial charge in [-0.15, -0.1) is 0 Å². The second-order valence-electron chi connectivity index (χ2n) is 7.27. The number of sulfonamides is 1. The van der Waals surface area contributed by atoms with Crippen molar-refractivity contribution in [3.8, 4) is 11.8 Å². The average Bonchev–Trinajstić information content (AvgIpc) is 3.04. The van der Waals surface area contributed by atoms with Gasteiger partial charge in [0.25, 0.3) is 23.6 Å². The van der Waals surface area contributed by atoms with Crippen LogP contribution in [0.5, 0.6) is 11.8 Å². The Balaban J connectivity index is 1.80. The van der Waals surface area contributed by atoms with Crippen LogP contribution in [-0.2, 0) is 10.0 Å². The zero-order valence-electron chi connectivity index (χ0n) is 18.2. The molecule has 3 aromatic rings. The highest BCUT2D eigenvalue weighted by molar-refractivity contribution is 7.92. The highest BCUT2D eigenvalue weighted by Crippen LogP contribution is 2.41. The lowest BCUT2D eigenvalue weighted by Gasteiger charge is -2.26.